The maximum Gasteiger partial charge on any atom is 0.253 e. The summed E-state index contributed by atoms with van der Waals surface area (Å²) in [4.78, 5) is 16.4. The van der Waals surface area contributed by atoms with Crippen molar-refractivity contribution in [3.63, 3.8) is 0 Å². The van der Waals surface area contributed by atoms with Crippen molar-refractivity contribution in [2.75, 3.05) is 11.9 Å². The number of anilines is 1. The lowest BCUT2D eigenvalue weighted by Crippen LogP contribution is -2.29. The second kappa shape index (κ2) is 11.1. The zero-order chi connectivity index (χ0) is 17.6. The standard InChI is InChI=1S/C19H23N3O3.2ClH/c1-2-13-4-3-5-15(10-13)25-18-9-6-14(12-21-18)22-19(23)17-8-7-16(11-20)24-17;;/h3-6,9-10,12,16-17H,2,7-8,11,20H2,1H3,(H,22,23);2*1H/t16-,17+;;/m1../s1. The smallest absolute Gasteiger partial charge is 0.253 e. The number of rotatable bonds is 6. The van der Waals surface area contributed by atoms with E-state index in [0.29, 0.717) is 24.5 Å². The lowest BCUT2D eigenvalue weighted by atomic mass is 10.2. The molecule has 0 radical (unpaired) electrons. The van der Waals surface area contributed by atoms with Crippen molar-refractivity contribution in [2.24, 2.45) is 5.73 Å². The number of halogens is 2. The first kappa shape index (κ1) is 23.2. The van der Waals surface area contributed by atoms with E-state index in [1.165, 1.54) is 5.56 Å². The molecular weight excluding hydrogens is 389 g/mol. The molecule has 3 rings (SSSR count). The van der Waals surface area contributed by atoms with Gasteiger partial charge in [0.1, 0.15) is 11.9 Å². The van der Waals surface area contributed by atoms with Gasteiger partial charge in [-0.1, -0.05) is 19.1 Å². The number of aromatic nitrogens is 1. The van der Waals surface area contributed by atoms with Gasteiger partial charge in [-0.05, 0) is 43.0 Å². The van der Waals surface area contributed by atoms with Crippen LogP contribution in [-0.4, -0.2) is 29.6 Å². The Bertz CT molecular complexity index is 728. The molecule has 2 aromatic rings. The molecule has 0 aliphatic carbocycles. The minimum Gasteiger partial charge on any atom is -0.439 e. The number of aryl methyl sites for hydroxylation is 1. The number of nitrogens with zero attached hydrogens (tertiary/aromatic N) is 1. The highest BCUT2D eigenvalue weighted by molar-refractivity contribution is 5.94. The van der Waals surface area contributed by atoms with Crippen LogP contribution in [0.3, 0.4) is 0 Å². The molecule has 0 bridgehead atoms. The number of ether oxygens (including phenoxy) is 2. The average Bonchev–Trinajstić information content (AvgIpc) is 3.13. The zero-order valence-electron chi connectivity index (χ0n) is 15.1. The number of nitrogens with two attached hydrogens (primary N) is 1. The van der Waals surface area contributed by atoms with Crippen molar-refractivity contribution in [2.45, 2.75) is 38.4 Å². The van der Waals surface area contributed by atoms with Crippen LogP contribution in [0.25, 0.3) is 0 Å². The molecule has 148 valence electrons. The fourth-order valence-corrected chi connectivity index (χ4v) is 2.76. The molecule has 2 heterocycles. The van der Waals surface area contributed by atoms with E-state index in [2.05, 4.69) is 23.3 Å². The second-order valence-corrected chi connectivity index (χ2v) is 6.04. The van der Waals surface area contributed by atoms with Crippen molar-refractivity contribution < 1.29 is 14.3 Å². The number of carbonyl (C=O) groups excluding carboxylic acids is 1. The summed E-state index contributed by atoms with van der Waals surface area (Å²) in [5.74, 6) is 1.06. The van der Waals surface area contributed by atoms with Crippen LogP contribution in [0, 0.1) is 0 Å². The van der Waals surface area contributed by atoms with E-state index in [1.54, 1.807) is 18.3 Å². The van der Waals surface area contributed by atoms with Crippen LogP contribution >= 0.6 is 24.8 Å². The third kappa shape index (κ3) is 6.36. The minimum atomic E-state index is -0.443. The average molecular weight is 414 g/mol. The Morgan fingerprint density at radius 3 is 2.74 bits per heavy atom. The van der Waals surface area contributed by atoms with E-state index in [9.17, 15) is 4.79 Å². The van der Waals surface area contributed by atoms with Gasteiger partial charge in [-0.2, -0.15) is 0 Å². The van der Waals surface area contributed by atoms with Gasteiger partial charge in [0.15, 0.2) is 0 Å². The molecule has 2 atom stereocenters. The molecule has 27 heavy (non-hydrogen) atoms. The summed E-state index contributed by atoms with van der Waals surface area (Å²) < 4.78 is 11.3. The van der Waals surface area contributed by atoms with E-state index in [1.807, 2.05) is 18.2 Å². The number of pyridine rings is 1. The molecule has 1 saturated heterocycles. The monoisotopic (exact) mass is 413 g/mol. The van der Waals surface area contributed by atoms with Gasteiger partial charge in [-0.15, -0.1) is 24.8 Å². The fourth-order valence-electron chi connectivity index (χ4n) is 2.76. The van der Waals surface area contributed by atoms with Crippen LogP contribution < -0.4 is 15.8 Å². The molecule has 1 aromatic heterocycles. The van der Waals surface area contributed by atoms with E-state index < -0.39 is 6.10 Å². The Morgan fingerprint density at radius 2 is 2.11 bits per heavy atom. The summed E-state index contributed by atoms with van der Waals surface area (Å²) in [6.07, 6.45) is 3.56. The predicted octanol–water partition coefficient (Wildman–Crippen LogP) is 3.72. The summed E-state index contributed by atoms with van der Waals surface area (Å²) in [5.41, 5.74) is 7.38. The van der Waals surface area contributed by atoms with Gasteiger partial charge >= 0.3 is 0 Å². The van der Waals surface area contributed by atoms with Gasteiger partial charge in [0.2, 0.25) is 5.88 Å². The van der Waals surface area contributed by atoms with Crippen LogP contribution in [0.5, 0.6) is 11.6 Å². The van der Waals surface area contributed by atoms with Crippen LogP contribution in [0.2, 0.25) is 0 Å². The van der Waals surface area contributed by atoms with Crippen LogP contribution in [-0.2, 0) is 16.0 Å². The molecule has 1 aromatic carbocycles. The Hall–Kier alpha value is -1.86. The normalized spacial score (nSPS) is 18.1. The number of nitrogens with one attached hydrogen (secondary N) is 1. The highest BCUT2D eigenvalue weighted by Gasteiger charge is 2.29. The number of carbonyl (C=O) groups is 1. The largest absolute Gasteiger partial charge is 0.439 e. The van der Waals surface area contributed by atoms with Crippen molar-refractivity contribution in [3.05, 3.63) is 48.2 Å². The predicted molar refractivity (Wildman–Crippen MR) is 110 cm³/mol. The maximum atomic E-state index is 12.2. The molecule has 0 unspecified atom stereocenters. The Labute approximate surface area is 171 Å². The van der Waals surface area contributed by atoms with Crippen molar-refractivity contribution in [1.82, 2.24) is 4.98 Å². The Balaban J connectivity index is 0.00000182. The minimum absolute atomic E-state index is 0. The van der Waals surface area contributed by atoms with Gasteiger partial charge in [0.25, 0.3) is 5.91 Å². The summed E-state index contributed by atoms with van der Waals surface area (Å²) in [6, 6.07) is 11.4. The molecule has 0 spiro atoms. The van der Waals surface area contributed by atoms with Crippen molar-refractivity contribution >= 4 is 36.4 Å². The first-order valence-corrected chi connectivity index (χ1v) is 8.57. The van der Waals surface area contributed by atoms with E-state index in [4.69, 9.17) is 15.2 Å². The van der Waals surface area contributed by atoms with E-state index in [-0.39, 0.29) is 36.8 Å². The zero-order valence-corrected chi connectivity index (χ0v) is 16.7. The summed E-state index contributed by atoms with van der Waals surface area (Å²) in [6.45, 7) is 2.54. The van der Waals surface area contributed by atoms with Crippen LogP contribution in [0.4, 0.5) is 5.69 Å². The fraction of sp³-hybridized carbons (Fsp3) is 0.368. The molecule has 1 amide bonds. The maximum absolute atomic E-state index is 12.2. The first-order chi connectivity index (χ1) is 12.2. The number of hydrogen-bond acceptors (Lipinski definition) is 5. The van der Waals surface area contributed by atoms with E-state index in [0.717, 1.165) is 18.6 Å². The Morgan fingerprint density at radius 1 is 1.30 bits per heavy atom. The first-order valence-electron chi connectivity index (χ1n) is 8.57. The SMILES string of the molecule is CCc1cccc(Oc2ccc(NC(=O)[C@@H]3CC[C@H](CN)O3)cn2)c1.Cl.Cl. The third-order valence-corrected chi connectivity index (χ3v) is 4.20. The van der Waals surface area contributed by atoms with Gasteiger partial charge in [-0.3, -0.25) is 4.79 Å². The van der Waals surface area contributed by atoms with Crippen LogP contribution in [0.15, 0.2) is 42.6 Å². The molecular formula is C19H25Cl2N3O3. The Kier molecular flexibility index (Phi) is 9.52. The highest BCUT2D eigenvalue weighted by Crippen LogP contribution is 2.23. The highest BCUT2D eigenvalue weighted by atomic mass is 35.5. The lowest BCUT2D eigenvalue weighted by Gasteiger charge is -2.13. The molecule has 0 saturated carbocycles. The van der Waals surface area contributed by atoms with Crippen molar-refractivity contribution in [1.29, 1.82) is 0 Å². The lowest BCUT2D eigenvalue weighted by molar-refractivity contribution is -0.126. The molecule has 1 fully saturated rings. The van der Waals surface area contributed by atoms with Gasteiger partial charge < -0.3 is 20.5 Å². The summed E-state index contributed by atoms with van der Waals surface area (Å²) >= 11 is 0. The van der Waals surface area contributed by atoms with Gasteiger partial charge in [0.05, 0.1) is 18.0 Å². The van der Waals surface area contributed by atoms with Gasteiger partial charge in [0, 0.05) is 12.6 Å². The summed E-state index contributed by atoms with van der Waals surface area (Å²) in [7, 11) is 0. The quantitative estimate of drug-likeness (QED) is 0.753. The molecule has 3 N–H and O–H groups in total. The number of benzene rings is 1. The summed E-state index contributed by atoms with van der Waals surface area (Å²) in [5, 5.41) is 2.82. The number of hydrogen-bond donors (Lipinski definition) is 2. The molecule has 6 nitrogen and oxygen atoms in total. The van der Waals surface area contributed by atoms with Crippen LogP contribution in [0.1, 0.15) is 25.3 Å². The van der Waals surface area contributed by atoms with E-state index >= 15 is 0 Å². The number of amides is 1. The topological polar surface area (TPSA) is 86.5 Å². The van der Waals surface area contributed by atoms with Crippen molar-refractivity contribution in [3.8, 4) is 11.6 Å². The molecule has 8 heteroatoms. The molecule has 1 aliphatic rings. The van der Waals surface area contributed by atoms with Gasteiger partial charge in [-0.25, -0.2) is 4.98 Å². The molecule has 1 aliphatic heterocycles. The third-order valence-electron chi connectivity index (χ3n) is 4.20. The second-order valence-electron chi connectivity index (χ2n) is 6.04.